The zero-order valence-electron chi connectivity index (χ0n) is 30.4. The number of pyridine rings is 1. The zero-order chi connectivity index (χ0) is 36.2. The van der Waals surface area contributed by atoms with Crippen LogP contribution in [0.1, 0.15) is 42.9 Å². The second-order valence-corrected chi connectivity index (χ2v) is 16.0. The Kier molecular flexibility index (Phi) is 5.56. The molecular weight excluding hydrogens is 673 g/mol. The second-order valence-electron chi connectivity index (χ2n) is 16.0. The molecule has 3 atom stereocenters. The van der Waals surface area contributed by atoms with E-state index in [1.165, 1.54) is 71.7 Å². The van der Waals surface area contributed by atoms with Gasteiger partial charge in [-0.15, -0.1) is 0 Å². The van der Waals surface area contributed by atoms with Crippen LogP contribution < -0.4 is 0 Å². The van der Waals surface area contributed by atoms with Crippen LogP contribution in [0.4, 0.5) is 0 Å². The summed E-state index contributed by atoms with van der Waals surface area (Å²) >= 11 is 0. The summed E-state index contributed by atoms with van der Waals surface area (Å²) in [5.74, 6) is 0. The van der Waals surface area contributed by atoms with Crippen LogP contribution in [-0.4, -0.2) is 19.6 Å². The summed E-state index contributed by atoms with van der Waals surface area (Å²) in [6, 6.07) is 55.5. The van der Waals surface area contributed by atoms with Crippen molar-refractivity contribution >= 4 is 71.0 Å². The van der Waals surface area contributed by atoms with E-state index < -0.39 is 0 Å². The second kappa shape index (κ2) is 10.3. The standard InChI is InChI=1S/C50H34N4O/c1-50(2)40-27-32(34-17-9-13-29-14-10-24-51-46(29)34)20-22-37(40)45-47(33-21-23-44-39(26-33)36-16-6-8-19-43(36)55-44)53-49(54(53)48(45)50)52-41-18-7-5-15-35(41)38-25-30-11-3-4-12-31(30)28-42(38)52/h3-28,47,49H,1-2H3. The Hall–Kier alpha value is -6.69. The fourth-order valence-corrected chi connectivity index (χ4v) is 10.3. The minimum atomic E-state index is -0.252. The number of para-hydroxylation sites is 3. The van der Waals surface area contributed by atoms with Crippen LogP contribution in [0.5, 0.6) is 0 Å². The van der Waals surface area contributed by atoms with Gasteiger partial charge in [-0.05, 0) is 81.6 Å². The number of hydrogen-bond acceptors (Lipinski definition) is 4. The molecule has 260 valence electrons. The number of hydrogen-bond donors (Lipinski definition) is 0. The van der Waals surface area contributed by atoms with E-state index >= 15 is 0 Å². The lowest BCUT2D eigenvalue weighted by Gasteiger charge is -2.25. The normalized spacial score (nSPS) is 19.7. The van der Waals surface area contributed by atoms with Gasteiger partial charge in [-0.1, -0.05) is 117 Å². The summed E-state index contributed by atoms with van der Waals surface area (Å²) in [5.41, 5.74) is 14.3. The zero-order valence-corrected chi connectivity index (χ0v) is 30.4. The first kappa shape index (κ1) is 29.7. The van der Waals surface area contributed by atoms with Gasteiger partial charge in [0.15, 0.2) is 6.29 Å². The highest BCUT2D eigenvalue weighted by atomic mass is 16.3. The van der Waals surface area contributed by atoms with Crippen LogP contribution in [0.2, 0.25) is 0 Å². The number of fused-ring (bicyclic) bond motifs is 12. The van der Waals surface area contributed by atoms with Crippen LogP contribution in [0.15, 0.2) is 168 Å². The van der Waals surface area contributed by atoms with E-state index in [-0.39, 0.29) is 17.7 Å². The molecule has 5 heteroatoms. The quantitative estimate of drug-likeness (QED) is 0.171. The summed E-state index contributed by atoms with van der Waals surface area (Å²) in [7, 11) is 0. The fraction of sp³-hybridized carbons (Fsp3) is 0.100. The third kappa shape index (κ3) is 3.83. The molecule has 5 heterocycles. The maximum absolute atomic E-state index is 6.34. The predicted molar refractivity (Wildman–Crippen MR) is 223 cm³/mol. The van der Waals surface area contributed by atoms with Crippen molar-refractivity contribution < 1.29 is 4.42 Å². The Labute approximate surface area is 316 Å². The van der Waals surface area contributed by atoms with Gasteiger partial charge >= 0.3 is 0 Å². The topological polar surface area (TPSA) is 37.0 Å². The maximum atomic E-state index is 6.34. The maximum Gasteiger partial charge on any atom is 0.196 e. The Bertz CT molecular complexity index is 3340. The fourth-order valence-electron chi connectivity index (χ4n) is 10.3. The molecular formula is C50H34N4O. The summed E-state index contributed by atoms with van der Waals surface area (Å²) in [6.45, 7) is 4.84. The van der Waals surface area contributed by atoms with Crippen molar-refractivity contribution in [1.82, 2.24) is 19.6 Å². The molecule has 13 rings (SSSR count). The van der Waals surface area contributed by atoms with Gasteiger partial charge in [-0.2, -0.15) is 5.01 Å². The number of allylic oxidation sites excluding steroid dienone is 1. The first-order valence-corrected chi connectivity index (χ1v) is 19.2. The number of rotatable bonds is 3. The van der Waals surface area contributed by atoms with Crippen LogP contribution in [0, 0.1) is 0 Å². The van der Waals surface area contributed by atoms with E-state index in [9.17, 15) is 0 Å². The van der Waals surface area contributed by atoms with Crippen molar-refractivity contribution in [2.24, 2.45) is 0 Å². The molecule has 0 saturated carbocycles. The van der Waals surface area contributed by atoms with Crippen molar-refractivity contribution in [2.45, 2.75) is 31.6 Å². The van der Waals surface area contributed by atoms with Gasteiger partial charge in [0.05, 0.1) is 22.6 Å². The summed E-state index contributed by atoms with van der Waals surface area (Å²) in [5, 5.41) is 13.8. The summed E-state index contributed by atoms with van der Waals surface area (Å²) in [4.78, 5) is 4.83. The van der Waals surface area contributed by atoms with Gasteiger partial charge in [0, 0.05) is 55.4 Å². The molecule has 1 saturated heterocycles. The highest BCUT2D eigenvalue weighted by molar-refractivity contribution is 6.13. The number of aromatic nitrogens is 2. The van der Waals surface area contributed by atoms with Crippen molar-refractivity contribution in [1.29, 1.82) is 0 Å². The van der Waals surface area contributed by atoms with Crippen LogP contribution in [0.3, 0.4) is 0 Å². The molecule has 3 unspecified atom stereocenters. The number of benzene rings is 7. The van der Waals surface area contributed by atoms with Crippen LogP contribution in [0.25, 0.3) is 82.1 Å². The molecule has 7 aromatic carbocycles. The van der Waals surface area contributed by atoms with Gasteiger partial charge in [0.1, 0.15) is 11.2 Å². The number of hydrazine groups is 1. The van der Waals surface area contributed by atoms with Gasteiger partial charge in [0.25, 0.3) is 0 Å². The van der Waals surface area contributed by atoms with E-state index in [0.717, 1.165) is 32.8 Å². The highest BCUT2D eigenvalue weighted by Crippen LogP contribution is 2.68. The molecule has 10 aromatic rings. The first-order valence-electron chi connectivity index (χ1n) is 19.2. The van der Waals surface area contributed by atoms with E-state index in [1.807, 2.05) is 18.3 Å². The molecule has 0 bridgehead atoms. The van der Waals surface area contributed by atoms with E-state index in [1.54, 1.807) is 0 Å². The van der Waals surface area contributed by atoms with Crippen molar-refractivity contribution in [3.63, 3.8) is 0 Å². The van der Waals surface area contributed by atoms with Gasteiger partial charge in [-0.3, -0.25) is 9.99 Å². The molecule has 5 nitrogen and oxygen atoms in total. The largest absolute Gasteiger partial charge is 0.456 e. The summed E-state index contributed by atoms with van der Waals surface area (Å²) in [6.07, 6.45) is 1.91. The van der Waals surface area contributed by atoms with Crippen LogP contribution >= 0.6 is 0 Å². The van der Waals surface area contributed by atoms with Crippen molar-refractivity contribution in [2.75, 3.05) is 0 Å². The van der Waals surface area contributed by atoms with Crippen molar-refractivity contribution in [3.8, 4) is 11.1 Å². The van der Waals surface area contributed by atoms with E-state index in [0.29, 0.717) is 0 Å². The molecule has 0 radical (unpaired) electrons. The minimum absolute atomic E-state index is 0.0134. The Morgan fingerprint density at radius 1 is 0.582 bits per heavy atom. The lowest BCUT2D eigenvalue weighted by Crippen LogP contribution is -2.23. The minimum Gasteiger partial charge on any atom is -0.456 e. The summed E-state index contributed by atoms with van der Waals surface area (Å²) < 4.78 is 8.92. The Balaban J connectivity index is 1.04. The van der Waals surface area contributed by atoms with E-state index in [2.05, 4.69) is 168 Å². The van der Waals surface area contributed by atoms with Gasteiger partial charge < -0.3 is 8.98 Å². The average Bonchev–Trinajstić information content (AvgIpc) is 3.47. The molecule has 0 spiro atoms. The molecule has 1 fully saturated rings. The number of furan rings is 1. The lowest BCUT2D eigenvalue weighted by molar-refractivity contribution is 0.325. The van der Waals surface area contributed by atoms with Crippen LogP contribution in [-0.2, 0) is 5.41 Å². The third-order valence-electron chi connectivity index (χ3n) is 12.7. The monoisotopic (exact) mass is 706 g/mol. The smallest absolute Gasteiger partial charge is 0.196 e. The Morgan fingerprint density at radius 3 is 2.25 bits per heavy atom. The SMILES string of the molecule is CC1(C)C2=C(c3ccc(-c4cccc5cccnc45)cc31)C(c1ccc3oc4ccccc4c3c1)N1C(n3c4ccccc4c4cc5ccccc5cc43)N21. The third-order valence-corrected chi connectivity index (χ3v) is 12.7. The van der Waals surface area contributed by atoms with Crippen molar-refractivity contribution in [3.05, 3.63) is 180 Å². The van der Waals surface area contributed by atoms with Gasteiger partial charge in [-0.25, -0.2) is 0 Å². The number of nitrogens with zero attached hydrogens (tertiary/aromatic N) is 4. The highest BCUT2D eigenvalue weighted by Gasteiger charge is 2.65. The molecule has 1 aliphatic carbocycles. The molecule has 3 aliphatic rings. The Morgan fingerprint density at radius 2 is 1.35 bits per heavy atom. The molecule has 55 heavy (non-hydrogen) atoms. The molecule has 3 aromatic heterocycles. The first-order chi connectivity index (χ1) is 27.0. The predicted octanol–water partition coefficient (Wildman–Crippen LogP) is 12.5. The molecule has 0 N–H and O–H groups in total. The van der Waals surface area contributed by atoms with Gasteiger partial charge in [0.2, 0.25) is 0 Å². The average molecular weight is 707 g/mol. The lowest BCUT2D eigenvalue weighted by atomic mass is 9.83. The molecule has 2 aliphatic heterocycles. The molecule has 0 amide bonds. The van der Waals surface area contributed by atoms with E-state index in [4.69, 9.17) is 9.40 Å².